The van der Waals surface area contributed by atoms with Gasteiger partial charge in [0.1, 0.15) is 18.1 Å². The molecule has 4 aromatic rings. The van der Waals surface area contributed by atoms with Crippen LogP contribution >= 0.6 is 11.6 Å². The van der Waals surface area contributed by atoms with Crippen LogP contribution in [0.1, 0.15) is 37.8 Å². The van der Waals surface area contributed by atoms with E-state index < -0.39 is 11.8 Å². The second-order valence-electron chi connectivity index (χ2n) is 7.57. The second kappa shape index (κ2) is 8.12. The fraction of sp³-hybridized carbons (Fsp3) is 0.174. The van der Waals surface area contributed by atoms with Crippen molar-refractivity contribution in [3.05, 3.63) is 87.6 Å². The molecule has 0 atom stereocenters. The van der Waals surface area contributed by atoms with E-state index in [4.69, 9.17) is 16.3 Å². The lowest BCUT2D eigenvalue weighted by molar-refractivity contribution is 0.0460. The van der Waals surface area contributed by atoms with Crippen molar-refractivity contribution in [1.82, 2.24) is 20.1 Å². The van der Waals surface area contributed by atoms with Crippen LogP contribution in [0.2, 0.25) is 5.02 Å². The van der Waals surface area contributed by atoms with Gasteiger partial charge in [-0.15, -0.1) is 0 Å². The minimum Gasteiger partial charge on any atom is -0.456 e. The van der Waals surface area contributed by atoms with Crippen molar-refractivity contribution in [3.63, 3.8) is 0 Å². The van der Waals surface area contributed by atoms with E-state index in [0.29, 0.717) is 28.9 Å². The Bertz CT molecular complexity index is 1290. The number of nitrogens with zero attached hydrogens (tertiary/aromatic N) is 2. The first-order valence-corrected chi connectivity index (χ1v) is 10.4. The SMILES string of the molecule is O=C(OCc1ccccc1)c1n[nH]c2c1CN(C(=O)c1cc3c(Cl)ccc(F)c3[nH]1)CC2. The number of esters is 1. The number of aromatic nitrogens is 3. The van der Waals surface area contributed by atoms with Crippen LogP contribution in [0.15, 0.2) is 48.5 Å². The number of fused-ring (bicyclic) bond motifs is 2. The van der Waals surface area contributed by atoms with E-state index in [9.17, 15) is 14.0 Å². The number of carbonyl (C=O) groups excluding carboxylic acids is 2. The van der Waals surface area contributed by atoms with Gasteiger partial charge in [0.25, 0.3) is 5.91 Å². The summed E-state index contributed by atoms with van der Waals surface area (Å²) in [6.07, 6.45) is 0.509. The molecule has 0 saturated carbocycles. The molecule has 2 N–H and O–H groups in total. The summed E-state index contributed by atoms with van der Waals surface area (Å²) < 4.78 is 19.5. The standard InChI is InChI=1S/C23H18ClFN4O3/c24-16-6-7-17(25)20-14(16)10-19(26-20)22(30)29-9-8-18-15(11-29)21(28-27-18)23(31)32-12-13-4-2-1-3-5-13/h1-7,10,26H,8-9,11-12H2,(H,27,28). The van der Waals surface area contributed by atoms with Gasteiger partial charge < -0.3 is 14.6 Å². The van der Waals surface area contributed by atoms with Gasteiger partial charge >= 0.3 is 5.97 Å². The summed E-state index contributed by atoms with van der Waals surface area (Å²) in [5, 5.41) is 7.80. The van der Waals surface area contributed by atoms with Crippen molar-refractivity contribution in [1.29, 1.82) is 0 Å². The molecule has 0 radical (unpaired) electrons. The van der Waals surface area contributed by atoms with Crippen LogP contribution in [0.5, 0.6) is 0 Å². The first-order valence-electron chi connectivity index (χ1n) is 10.0. The number of nitrogens with one attached hydrogen (secondary N) is 2. The topological polar surface area (TPSA) is 91.1 Å². The summed E-state index contributed by atoms with van der Waals surface area (Å²) in [5.41, 5.74) is 2.87. The first kappa shape index (κ1) is 20.3. The maximum atomic E-state index is 14.1. The minimum atomic E-state index is -0.555. The number of hydrogen-bond acceptors (Lipinski definition) is 4. The predicted molar refractivity (Wildman–Crippen MR) is 116 cm³/mol. The van der Waals surface area contributed by atoms with E-state index in [1.165, 1.54) is 12.1 Å². The number of benzene rings is 2. The Morgan fingerprint density at radius 3 is 2.78 bits per heavy atom. The van der Waals surface area contributed by atoms with Gasteiger partial charge in [0.15, 0.2) is 5.69 Å². The van der Waals surface area contributed by atoms with Crippen LogP contribution in [0.4, 0.5) is 4.39 Å². The molecule has 32 heavy (non-hydrogen) atoms. The minimum absolute atomic E-state index is 0.130. The highest BCUT2D eigenvalue weighted by Gasteiger charge is 2.30. The molecule has 0 aliphatic carbocycles. The molecule has 0 saturated heterocycles. The zero-order chi connectivity index (χ0) is 22.2. The number of halogens is 2. The number of aromatic amines is 2. The van der Waals surface area contributed by atoms with E-state index >= 15 is 0 Å². The van der Waals surface area contributed by atoms with Crippen LogP contribution in [0.25, 0.3) is 10.9 Å². The molecule has 0 unspecified atom stereocenters. The maximum absolute atomic E-state index is 14.1. The van der Waals surface area contributed by atoms with Crippen molar-refractivity contribution in [2.45, 2.75) is 19.6 Å². The molecule has 1 aliphatic heterocycles. The third-order valence-corrected chi connectivity index (χ3v) is 5.88. The molecule has 0 fully saturated rings. The summed E-state index contributed by atoms with van der Waals surface area (Å²) in [6.45, 7) is 0.746. The van der Waals surface area contributed by atoms with Gasteiger partial charge in [-0.2, -0.15) is 5.10 Å². The highest BCUT2D eigenvalue weighted by molar-refractivity contribution is 6.35. The molecule has 3 heterocycles. The first-order chi connectivity index (χ1) is 15.5. The number of hydrogen-bond donors (Lipinski definition) is 2. The fourth-order valence-corrected chi connectivity index (χ4v) is 4.08. The van der Waals surface area contributed by atoms with Crippen LogP contribution in [-0.4, -0.2) is 38.5 Å². The van der Waals surface area contributed by atoms with Gasteiger partial charge in [-0.3, -0.25) is 9.89 Å². The smallest absolute Gasteiger partial charge is 0.359 e. The fourth-order valence-electron chi connectivity index (χ4n) is 3.87. The molecule has 5 rings (SSSR count). The summed E-state index contributed by atoms with van der Waals surface area (Å²) in [7, 11) is 0. The average molecular weight is 453 g/mol. The third kappa shape index (κ3) is 3.62. The molecule has 2 aromatic carbocycles. The summed E-state index contributed by atoms with van der Waals surface area (Å²) >= 11 is 6.14. The van der Waals surface area contributed by atoms with Crippen molar-refractivity contribution in [2.75, 3.05) is 6.54 Å². The van der Waals surface area contributed by atoms with Gasteiger partial charge in [0.2, 0.25) is 0 Å². The maximum Gasteiger partial charge on any atom is 0.359 e. The van der Waals surface area contributed by atoms with E-state index in [2.05, 4.69) is 15.2 Å². The molecular formula is C23H18ClFN4O3. The summed E-state index contributed by atoms with van der Waals surface area (Å²) in [5.74, 6) is -1.35. The van der Waals surface area contributed by atoms with Crippen LogP contribution < -0.4 is 0 Å². The Labute approximate surface area is 187 Å². The Hall–Kier alpha value is -3.65. The number of H-pyrrole nitrogens is 2. The van der Waals surface area contributed by atoms with Crippen LogP contribution in [0.3, 0.4) is 0 Å². The lowest BCUT2D eigenvalue weighted by atomic mass is 10.0. The molecule has 1 aliphatic rings. The van der Waals surface area contributed by atoms with Crippen molar-refractivity contribution < 1.29 is 18.7 Å². The average Bonchev–Trinajstić information content (AvgIpc) is 3.45. The van der Waals surface area contributed by atoms with Crippen LogP contribution in [-0.2, 0) is 24.3 Å². The number of carbonyl (C=O) groups is 2. The van der Waals surface area contributed by atoms with Crippen molar-refractivity contribution >= 4 is 34.4 Å². The largest absolute Gasteiger partial charge is 0.456 e. The highest BCUT2D eigenvalue weighted by Crippen LogP contribution is 2.28. The third-order valence-electron chi connectivity index (χ3n) is 5.55. The van der Waals surface area contributed by atoms with E-state index in [1.807, 2.05) is 30.3 Å². The van der Waals surface area contributed by atoms with Gasteiger partial charge in [0.05, 0.1) is 17.1 Å². The van der Waals surface area contributed by atoms with Gasteiger partial charge in [-0.25, -0.2) is 9.18 Å². The number of amides is 1. The predicted octanol–water partition coefficient (Wildman–Crippen LogP) is 4.24. The summed E-state index contributed by atoms with van der Waals surface area (Å²) in [6, 6.07) is 13.6. The Kier molecular flexibility index (Phi) is 5.14. The quantitative estimate of drug-likeness (QED) is 0.453. The van der Waals surface area contributed by atoms with Crippen molar-refractivity contribution in [2.24, 2.45) is 0 Å². The second-order valence-corrected chi connectivity index (χ2v) is 7.98. The Morgan fingerprint density at radius 2 is 2.00 bits per heavy atom. The lowest BCUT2D eigenvalue weighted by Gasteiger charge is -2.26. The Balaban J connectivity index is 1.35. The molecule has 9 heteroatoms. The van der Waals surface area contributed by atoms with Gasteiger partial charge in [-0.05, 0) is 23.8 Å². The Morgan fingerprint density at radius 1 is 1.19 bits per heavy atom. The molecule has 162 valence electrons. The van der Waals surface area contributed by atoms with Gasteiger partial charge in [-0.1, -0.05) is 41.9 Å². The normalized spacial score (nSPS) is 13.2. The molecule has 0 bridgehead atoms. The zero-order valence-electron chi connectivity index (χ0n) is 16.8. The number of ether oxygens (including phenoxy) is 1. The monoisotopic (exact) mass is 452 g/mol. The molecule has 2 aromatic heterocycles. The van der Waals surface area contributed by atoms with E-state index in [-0.39, 0.29) is 36.0 Å². The molecular weight excluding hydrogens is 435 g/mol. The lowest BCUT2D eigenvalue weighted by Crippen LogP contribution is -2.36. The van der Waals surface area contributed by atoms with Gasteiger partial charge in [0, 0.05) is 29.6 Å². The van der Waals surface area contributed by atoms with Crippen LogP contribution in [0, 0.1) is 5.82 Å². The molecule has 0 spiro atoms. The molecule has 1 amide bonds. The number of rotatable bonds is 4. The highest BCUT2D eigenvalue weighted by atomic mass is 35.5. The van der Waals surface area contributed by atoms with E-state index in [1.54, 1.807) is 11.0 Å². The summed E-state index contributed by atoms with van der Waals surface area (Å²) in [4.78, 5) is 30.1. The van der Waals surface area contributed by atoms with E-state index in [0.717, 1.165) is 11.3 Å². The van der Waals surface area contributed by atoms with Crippen molar-refractivity contribution in [3.8, 4) is 0 Å². The zero-order valence-corrected chi connectivity index (χ0v) is 17.6. The molecule has 7 nitrogen and oxygen atoms in total.